The molecule has 2 amide bonds. The molecule has 0 unspecified atom stereocenters. The molecule has 5 nitrogen and oxygen atoms in total. The molecule has 2 rings (SSSR count). The predicted molar refractivity (Wildman–Crippen MR) is 86.8 cm³/mol. The number of benzene rings is 1. The van der Waals surface area contributed by atoms with E-state index in [1.807, 2.05) is 56.1 Å². The summed E-state index contributed by atoms with van der Waals surface area (Å²) in [5.41, 5.74) is 3.86. The van der Waals surface area contributed by atoms with Crippen LogP contribution in [0.1, 0.15) is 17.0 Å². The van der Waals surface area contributed by atoms with Gasteiger partial charge in [0.15, 0.2) is 0 Å². The van der Waals surface area contributed by atoms with E-state index in [4.69, 9.17) is 0 Å². The van der Waals surface area contributed by atoms with Crippen molar-refractivity contribution in [3.63, 3.8) is 0 Å². The summed E-state index contributed by atoms with van der Waals surface area (Å²) < 4.78 is 1.83. The molecule has 1 heterocycles. The molecule has 1 aromatic carbocycles. The molecular formula is C15H20N4OS. The third kappa shape index (κ3) is 3.78. The number of aromatic nitrogens is 2. The van der Waals surface area contributed by atoms with Crippen LogP contribution in [0.5, 0.6) is 0 Å². The molecule has 0 atom stereocenters. The third-order valence-corrected chi connectivity index (χ3v) is 4.14. The van der Waals surface area contributed by atoms with Crippen molar-refractivity contribution in [1.29, 1.82) is 0 Å². The summed E-state index contributed by atoms with van der Waals surface area (Å²) in [4.78, 5) is 13.1. The van der Waals surface area contributed by atoms with Crippen molar-refractivity contribution in [2.24, 2.45) is 7.05 Å². The first-order valence-electron chi connectivity index (χ1n) is 6.69. The topological polar surface area (TPSA) is 59.0 Å². The molecule has 0 spiro atoms. The molecule has 0 aliphatic heterocycles. The van der Waals surface area contributed by atoms with Crippen LogP contribution in [0.2, 0.25) is 0 Å². The Labute approximate surface area is 129 Å². The molecule has 0 radical (unpaired) electrons. The molecule has 2 N–H and O–H groups in total. The third-order valence-electron chi connectivity index (χ3n) is 3.41. The summed E-state index contributed by atoms with van der Waals surface area (Å²) in [7, 11) is 1.90. The fourth-order valence-electron chi connectivity index (χ4n) is 2.12. The van der Waals surface area contributed by atoms with E-state index in [-0.39, 0.29) is 6.03 Å². The highest BCUT2D eigenvalue weighted by molar-refractivity contribution is 7.98. The Kier molecular flexibility index (Phi) is 4.90. The molecular weight excluding hydrogens is 284 g/mol. The molecule has 0 saturated carbocycles. The molecule has 21 heavy (non-hydrogen) atoms. The Morgan fingerprint density at radius 3 is 2.76 bits per heavy atom. The van der Waals surface area contributed by atoms with Crippen molar-refractivity contribution >= 4 is 23.5 Å². The van der Waals surface area contributed by atoms with Crippen LogP contribution in [0.3, 0.4) is 0 Å². The number of hydrogen-bond donors (Lipinski definition) is 2. The highest BCUT2D eigenvalue weighted by atomic mass is 32.2. The SMILES string of the molecule is CSc1cccc(NC(=O)NCc2c(C)nn(C)c2C)c1. The average molecular weight is 304 g/mol. The fraction of sp³-hybridized carbons (Fsp3) is 0.333. The van der Waals surface area contributed by atoms with Crippen molar-refractivity contribution in [1.82, 2.24) is 15.1 Å². The van der Waals surface area contributed by atoms with Crippen molar-refractivity contribution in [3.05, 3.63) is 41.2 Å². The number of anilines is 1. The van der Waals surface area contributed by atoms with Crippen molar-refractivity contribution in [3.8, 4) is 0 Å². The number of hydrogen-bond acceptors (Lipinski definition) is 3. The molecule has 0 aliphatic rings. The quantitative estimate of drug-likeness (QED) is 0.853. The summed E-state index contributed by atoms with van der Waals surface area (Å²) in [6, 6.07) is 7.55. The number of nitrogens with one attached hydrogen (secondary N) is 2. The van der Waals surface area contributed by atoms with Gasteiger partial charge in [-0.2, -0.15) is 5.10 Å². The maximum atomic E-state index is 12.0. The number of rotatable bonds is 4. The average Bonchev–Trinajstić information content (AvgIpc) is 2.70. The van der Waals surface area contributed by atoms with E-state index in [0.717, 1.165) is 27.5 Å². The minimum atomic E-state index is -0.212. The van der Waals surface area contributed by atoms with E-state index in [1.165, 1.54) is 0 Å². The Balaban J connectivity index is 1.96. The van der Waals surface area contributed by atoms with E-state index in [9.17, 15) is 4.79 Å². The van der Waals surface area contributed by atoms with Crippen LogP contribution in [0, 0.1) is 13.8 Å². The van der Waals surface area contributed by atoms with Gasteiger partial charge in [-0.1, -0.05) is 6.07 Å². The summed E-state index contributed by atoms with van der Waals surface area (Å²) in [5, 5.41) is 10.0. The Hall–Kier alpha value is -1.95. The van der Waals surface area contributed by atoms with Crippen LogP contribution in [0.4, 0.5) is 10.5 Å². The lowest BCUT2D eigenvalue weighted by Gasteiger charge is -2.09. The normalized spacial score (nSPS) is 10.5. The van der Waals surface area contributed by atoms with Gasteiger partial charge in [-0.25, -0.2) is 4.79 Å². The maximum Gasteiger partial charge on any atom is 0.319 e. The highest BCUT2D eigenvalue weighted by Crippen LogP contribution is 2.19. The number of carbonyl (C=O) groups is 1. The number of aryl methyl sites for hydroxylation is 2. The first-order valence-corrected chi connectivity index (χ1v) is 7.91. The van der Waals surface area contributed by atoms with Crippen LogP contribution >= 0.6 is 11.8 Å². The lowest BCUT2D eigenvalue weighted by molar-refractivity contribution is 0.251. The number of carbonyl (C=O) groups excluding carboxylic acids is 1. The molecule has 0 bridgehead atoms. The van der Waals surface area contributed by atoms with Gasteiger partial charge in [-0.15, -0.1) is 11.8 Å². The zero-order valence-corrected chi connectivity index (χ0v) is 13.5. The second kappa shape index (κ2) is 6.67. The van der Waals surface area contributed by atoms with Crippen LogP contribution in [0.15, 0.2) is 29.2 Å². The second-order valence-electron chi connectivity index (χ2n) is 4.81. The summed E-state index contributed by atoms with van der Waals surface area (Å²) in [6.45, 7) is 4.42. The van der Waals surface area contributed by atoms with Gasteiger partial charge in [-0.05, 0) is 38.3 Å². The Morgan fingerprint density at radius 1 is 1.38 bits per heavy atom. The van der Waals surface area contributed by atoms with Gasteiger partial charge >= 0.3 is 6.03 Å². The van der Waals surface area contributed by atoms with Crippen LogP contribution in [-0.4, -0.2) is 22.1 Å². The minimum Gasteiger partial charge on any atom is -0.334 e. The molecule has 6 heteroatoms. The molecule has 112 valence electrons. The smallest absolute Gasteiger partial charge is 0.319 e. The first-order chi connectivity index (χ1) is 10.0. The zero-order valence-electron chi connectivity index (χ0n) is 12.7. The lowest BCUT2D eigenvalue weighted by atomic mass is 10.2. The largest absolute Gasteiger partial charge is 0.334 e. The summed E-state index contributed by atoms with van der Waals surface area (Å²) in [5.74, 6) is 0. The van der Waals surface area contributed by atoms with Gasteiger partial charge in [0.25, 0.3) is 0 Å². The second-order valence-corrected chi connectivity index (χ2v) is 5.69. The first kappa shape index (κ1) is 15.4. The van der Waals surface area contributed by atoms with E-state index in [2.05, 4.69) is 15.7 Å². The van der Waals surface area contributed by atoms with Crippen LogP contribution in [-0.2, 0) is 13.6 Å². The summed E-state index contributed by atoms with van der Waals surface area (Å²) >= 11 is 1.64. The zero-order chi connectivity index (χ0) is 15.4. The molecule has 1 aromatic heterocycles. The van der Waals surface area contributed by atoms with Crippen molar-refractivity contribution in [2.45, 2.75) is 25.3 Å². The lowest BCUT2D eigenvalue weighted by Crippen LogP contribution is -2.28. The number of amides is 2. The van der Waals surface area contributed by atoms with Gasteiger partial charge in [0.05, 0.1) is 5.69 Å². The number of urea groups is 1. The van der Waals surface area contributed by atoms with Crippen molar-refractivity contribution in [2.75, 3.05) is 11.6 Å². The van der Waals surface area contributed by atoms with Crippen LogP contribution < -0.4 is 10.6 Å². The van der Waals surface area contributed by atoms with Gasteiger partial charge in [0.2, 0.25) is 0 Å². The monoisotopic (exact) mass is 304 g/mol. The Morgan fingerprint density at radius 2 is 2.14 bits per heavy atom. The standard InChI is InChI=1S/C15H20N4OS/c1-10-14(11(2)19(3)18-10)9-16-15(20)17-12-6-5-7-13(8-12)21-4/h5-8H,9H2,1-4H3,(H2,16,17,20). The van der Waals surface area contributed by atoms with Gasteiger partial charge in [-0.3, -0.25) is 4.68 Å². The fourth-order valence-corrected chi connectivity index (χ4v) is 2.58. The van der Waals surface area contributed by atoms with E-state index in [1.54, 1.807) is 11.8 Å². The van der Waals surface area contributed by atoms with E-state index >= 15 is 0 Å². The van der Waals surface area contributed by atoms with Gasteiger partial charge in [0, 0.05) is 35.4 Å². The highest BCUT2D eigenvalue weighted by Gasteiger charge is 2.10. The number of nitrogens with zero attached hydrogens (tertiary/aromatic N) is 2. The minimum absolute atomic E-state index is 0.212. The van der Waals surface area contributed by atoms with Crippen LogP contribution in [0.25, 0.3) is 0 Å². The molecule has 0 aliphatic carbocycles. The maximum absolute atomic E-state index is 12.0. The van der Waals surface area contributed by atoms with E-state index < -0.39 is 0 Å². The molecule has 2 aromatic rings. The van der Waals surface area contributed by atoms with Gasteiger partial charge < -0.3 is 10.6 Å². The molecule has 0 saturated heterocycles. The Bertz CT molecular complexity index is 651. The molecule has 0 fully saturated rings. The number of thioether (sulfide) groups is 1. The summed E-state index contributed by atoms with van der Waals surface area (Å²) in [6.07, 6.45) is 2.01. The van der Waals surface area contributed by atoms with E-state index in [0.29, 0.717) is 6.54 Å². The predicted octanol–water partition coefficient (Wildman–Crippen LogP) is 3.08. The van der Waals surface area contributed by atoms with Gasteiger partial charge in [0.1, 0.15) is 0 Å². The van der Waals surface area contributed by atoms with Crippen molar-refractivity contribution < 1.29 is 4.79 Å².